The second-order valence-electron chi connectivity index (χ2n) is 10.6. The van der Waals surface area contributed by atoms with E-state index in [1.807, 2.05) is 102 Å². The molecule has 4 nitrogen and oxygen atoms in total. The van der Waals surface area contributed by atoms with Gasteiger partial charge >= 0.3 is 0 Å². The molecule has 8 rings (SSSR count). The SMILES string of the molecule is O=P(c1ccccc1)(c1ccccc1)c1ccc(-c2cccc(-c3nc4c(nc5ccccn54)c4ccccc34)c2)cc1. The van der Waals surface area contributed by atoms with Crippen molar-refractivity contribution in [2.24, 2.45) is 0 Å². The molecule has 0 saturated carbocycles. The Kier molecular flexibility index (Phi) is 6.03. The number of fused-ring (bicyclic) bond motifs is 5. The third kappa shape index (κ3) is 4.19. The van der Waals surface area contributed by atoms with Gasteiger partial charge in [0.05, 0.1) is 5.69 Å². The molecule has 43 heavy (non-hydrogen) atoms. The Morgan fingerprint density at radius 2 is 1.09 bits per heavy atom. The first-order chi connectivity index (χ1) is 21.2. The molecule has 0 unspecified atom stereocenters. The van der Waals surface area contributed by atoms with E-state index in [2.05, 4.69) is 60.7 Å². The molecule has 5 aromatic carbocycles. The van der Waals surface area contributed by atoms with E-state index in [1.165, 1.54) is 0 Å². The van der Waals surface area contributed by atoms with Crippen LogP contribution < -0.4 is 15.9 Å². The van der Waals surface area contributed by atoms with Gasteiger partial charge in [-0.3, -0.25) is 4.40 Å². The molecule has 0 aliphatic carbocycles. The maximum absolute atomic E-state index is 14.8. The third-order valence-corrected chi connectivity index (χ3v) is 11.2. The topological polar surface area (TPSA) is 47.3 Å². The zero-order valence-corrected chi connectivity index (χ0v) is 24.1. The maximum Gasteiger partial charge on any atom is 0.171 e. The predicted molar refractivity (Wildman–Crippen MR) is 178 cm³/mol. The van der Waals surface area contributed by atoms with Gasteiger partial charge in [-0.1, -0.05) is 133 Å². The van der Waals surface area contributed by atoms with Crippen LogP contribution in [-0.2, 0) is 4.57 Å². The molecule has 204 valence electrons. The highest BCUT2D eigenvalue weighted by atomic mass is 31.2. The van der Waals surface area contributed by atoms with Crippen LogP contribution in [0.2, 0.25) is 0 Å². The lowest BCUT2D eigenvalue weighted by Crippen LogP contribution is -2.24. The van der Waals surface area contributed by atoms with Crippen molar-refractivity contribution in [1.29, 1.82) is 0 Å². The van der Waals surface area contributed by atoms with Crippen LogP contribution in [0.1, 0.15) is 0 Å². The fourth-order valence-corrected chi connectivity index (χ4v) is 8.63. The van der Waals surface area contributed by atoms with Crippen LogP contribution in [0.3, 0.4) is 0 Å². The van der Waals surface area contributed by atoms with E-state index >= 15 is 0 Å². The Hall–Kier alpha value is -5.31. The second-order valence-corrected chi connectivity index (χ2v) is 13.4. The van der Waals surface area contributed by atoms with Crippen molar-refractivity contribution >= 4 is 50.6 Å². The molecule has 0 aliphatic rings. The Labute approximate surface area is 249 Å². The van der Waals surface area contributed by atoms with Gasteiger partial charge in [0.25, 0.3) is 0 Å². The number of rotatable bonds is 5. The molecule has 0 saturated heterocycles. The summed E-state index contributed by atoms with van der Waals surface area (Å²) in [5, 5.41) is 4.62. The molecular weight excluding hydrogens is 545 g/mol. The molecule has 8 aromatic rings. The number of nitrogens with zero attached hydrogens (tertiary/aromatic N) is 3. The van der Waals surface area contributed by atoms with E-state index in [9.17, 15) is 4.57 Å². The highest BCUT2D eigenvalue weighted by molar-refractivity contribution is 7.85. The molecule has 0 aliphatic heterocycles. The zero-order chi connectivity index (χ0) is 28.8. The molecule has 0 spiro atoms. The Bertz CT molecular complexity index is 2270. The first kappa shape index (κ1) is 25.4. The van der Waals surface area contributed by atoms with Crippen LogP contribution >= 0.6 is 7.14 Å². The van der Waals surface area contributed by atoms with Crippen molar-refractivity contribution < 1.29 is 4.57 Å². The van der Waals surface area contributed by atoms with Gasteiger partial charge in [0.15, 0.2) is 12.8 Å². The maximum atomic E-state index is 14.8. The highest BCUT2D eigenvalue weighted by Gasteiger charge is 2.29. The molecule has 3 aromatic heterocycles. The molecule has 5 heteroatoms. The fraction of sp³-hybridized carbons (Fsp3) is 0. The van der Waals surface area contributed by atoms with Crippen LogP contribution in [-0.4, -0.2) is 14.4 Å². The number of hydrogen-bond acceptors (Lipinski definition) is 3. The number of benzene rings is 5. The zero-order valence-electron chi connectivity index (χ0n) is 23.2. The predicted octanol–water partition coefficient (Wildman–Crippen LogP) is 8.01. The first-order valence-corrected chi connectivity index (χ1v) is 16.0. The monoisotopic (exact) mass is 571 g/mol. The van der Waals surface area contributed by atoms with Crippen molar-refractivity contribution in [3.05, 3.63) is 158 Å². The summed E-state index contributed by atoms with van der Waals surface area (Å²) in [5.41, 5.74) is 6.70. The highest BCUT2D eigenvalue weighted by Crippen LogP contribution is 2.42. The lowest BCUT2D eigenvalue weighted by molar-refractivity contribution is 0.592. The van der Waals surface area contributed by atoms with E-state index in [0.29, 0.717) is 0 Å². The molecule has 0 amide bonds. The average Bonchev–Trinajstić information content (AvgIpc) is 3.47. The number of aromatic nitrogens is 3. The van der Waals surface area contributed by atoms with Crippen LogP contribution in [0.25, 0.3) is 50.0 Å². The number of pyridine rings is 2. The van der Waals surface area contributed by atoms with Crippen LogP contribution in [0.15, 0.2) is 158 Å². The van der Waals surface area contributed by atoms with Crippen molar-refractivity contribution in [2.75, 3.05) is 0 Å². The molecule has 0 bridgehead atoms. The van der Waals surface area contributed by atoms with Crippen LogP contribution in [0.4, 0.5) is 0 Å². The van der Waals surface area contributed by atoms with Gasteiger partial charge in [0.2, 0.25) is 0 Å². The Morgan fingerprint density at radius 3 is 1.81 bits per heavy atom. The summed E-state index contributed by atoms with van der Waals surface area (Å²) in [6, 6.07) is 50.6. The summed E-state index contributed by atoms with van der Waals surface area (Å²) in [6.07, 6.45) is 2.01. The van der Waals surface area contributed by atoms with Crippen molar-refractivity contribution in [1.82, 2.24) is 14.4 Å². The van der Waals surface area contributed by atoms with Gasteiger partial charge in [0, 0.05) is 38.4 Å². The molecule has 0 radical (unpaired) electrons. The van der Waals surface area contributed by atoms with Gasteiger partial charge in [-0.05, 0) is 29.3 Å². The van der Waals surface area contributed by atoms with E-state index in [-0.39, 0.29) is 0 Å². The van der Waals surface area contributed by atoms with E-state index < -0.39 is 7.14 Å². The van der Waals surface area contributed by atoms with Crippen molar-refractivity contribution in [3.63, 3.8) is 0 Å². The normalized spacial score (nSPS) is 11.8. The largest absolute Gasteiger partial charge is 0.309 e. The molecular formula is C38H26N3OP. The van der Waals surface area contributed by atoms with Gasteiger partial charge in [-0.15, -0.1) is 0 Å². The van der Waals surface area contributed by atoms with E-state index in [1.54, 1.807) is 0 Å². The van der Waals surface area contributed by atoms with Gasteiger partial charge < -0.3 is 4.57 Å². The average molecular weight is 572 g/mol. The Balaban J connectivity index is 1.24. The molecule has 3 heterocycles. The van der Waals surface area contributed by atoms with Gasteiger partial charge in [0.1, 0.15) is 11.2 Å². The fourth-order valence-electron chi connectivity index (χ4n) is 5.99. The minimum atomic E-state index is -3.03. The molecule has 0 fully saturated rings. The summed E-state index contributed by atoms with van der Waals surface area (Å²) < 4.78 is 16.8. The minimum absolute atomic E-state index is 0.815. The lowest BCUT2D eigenvalue weighted by Gasteiger charge is -2.20. The quantitative estimate of drug-likeness (QED) is 0.197. The van der Waals surface area contributed by atoms with Crippen molar-refractivity contribution in [2.45, 2.75) is 0 Å². The summed E-state index contributed by atoms with van der Waals surface area (Å²) in [6.45, 7) is 0. The second kappa shape index (κ2) is 10.2. The van der Waals surface area contributed by atoms with Gasteiger partial charge in [-0.2, -0.15) is 0 Å². The molecule has 0 N–H and O–H groups in total. The number of hydrogen-bond donors (Lipinski definition) is 0. The number of imidazole rings is 1. The van der Waals surface area contributed by atoms with Gasteiger partial charge in [-0.25, -0.2) is 9.97 Å². The third-order valence-electron chi connectivity index (χ3n) is 8.10. The first-order valence-electron chi connectivity index (χ1n) is 14.3. The summed E-state index contributed by atoms with van der Waals surface area (Å²) in [5.74, 6) is 0. The molecule has 0 atom stereocenters. The lowest BCUT2D eigenvalue weighted by atomic mass is 9.98. The summed E-state index contributed by atoms with van der Waals surface area (Å²) in [7, 11) is -3.03. The smallest absolute Gasteiger partial charge is 0.171 e. The Morgan fingerprint density at radius 1 is 0.488 bits per heavy atom. The van der Waals surface area contributed by atoms with Crippen LogP contribution in [0, 0.1) is 0 Å². The summed E-state index contributed by atoms with van der Waals surface area (Å²) in [4.78, 5) is 10.1. The van der Waals surface area contributed by atoms with Crippen molar-refractivity contribution in [3.8, 4) is 22.4 Å². The minimum Gasteiger partial charge on any atom is -0.309 e. The summed E-state index contributed by atoms with van der Waals surface area (Å²) >= 11 is 0. The van der Waals surface area contributed by atoms with Crippen LogP contribution in [0.5, 0.6) is 0 Å². The van der Waals surface area contributed by atoms with E-state index in [0.717, 1.165) is 65.9 Å². The standard InChI is InChI=1S/C38H26N3OP/c42-43(30-14-3-1-4-15-30,31-16-5-2-6-17-31)32-23-21-27(22-24-32)28-12-11-13-29(26-28)36-33-18-7-8-19-34(33)37-38(40-36)41-25-10-9-20-35(41)39-37/h1-26H. The van der Waals surface area contributed by atoms with E-state index in [4.69, 9.17) is 9.97 Å².